The molecule has 0 fully saturated rings. The molecule has 2 nitrogen and oxygen atoms in total. The highest BCUT2D eigenvalue weighted by Gasteiger charge is 2.20. The van der Waals surface area contributed by atoms with Gasteiger partial charge in [0.2, 0.25) is 0 Å². The maximum Gasteiger partial charge on any atom is 0.123 e. The van der Waals surface area contributed by atoms with E-state index in [0.717, 1.165) is 12.2 Å². The first-order chi connectivity index (χ1) is 7.46. The van der Waals surface area contributed by atoms with E-state index in [1.54, 1.807) is 0 Å². The van der Waals surface area contributed by atoms with Crippen LogP contribution in [0.1, 0.15) is 45.6 Å². The van der Waals surface area contributed by atoms with Crippen molar-refractivity contribution in [1.82, 2.24) is 0 Å². The quantitative estimate of drug-likeness (QED) is 0.828. The van der Waals surface area contributed by atoms with Gasteiger partial charge >= 0.3 is 0 Å². The molecule has 0 spiro atoms. The minimum absolute atomic E-state index is 0.195. The maximum absolute atomic E-state index is 6.05. The van der Waals surface area contributed by atoms with Crippen LogP contribution >= 0.6 is 0 Å². The molecule has 0 saturated heterocycles. The number of nitrogens with two attached hydrogens (primary N) is 1. The van der Waals surface area contributed by atoms with Gasteiger partial charge in [0.25, 0.3) is 0 Å². The highest BCUT2D eigenvalue weighted by Crippen LogP contribution is 2.29. The van der Waals surface area contributed by atoms with Gasteiger partial charge in [-0.25, -0.2) is 0 Å². The first kappa shape index (κ1) is 13.0. The normalized spacial score (nSPS) is 11.9. The first-order valence-corrected chi connectivity index (χ1v) is 5.94. The molecule has 16 heavy (non-hydrogen) atoms. The van der Waals surface area contributed by atoms with Crippen molar-refractivity contribution in [3.05, 3.63) is 29.8 Å². The Morgan fingerprint density at radius 2 is 1.88 bits per heavy atom. The zero-order valence-electron chi connectivity index (χ0n) is 10.8. The third-order valence-corrected chi connectivity index (χ3v) is 2.67. The second-order valence-corrected chi connectivity index (χ2v) is 5.09. The van der Waals surface area contributed by atoms with Crippen LogP contribution in [0.25, 0.3) is 0 Å². The van der Waals surface area contributed by atoms with Gasteiger partial charge in [0.05, 0.1) is 0 Å². The van der Waals surface area contributed by atoms with Crippen molar-refractivity contribution in [2.45, 2.75) is 45.6 Å². The predicted octanol–water partition coefficient (Wildman–Crippen LogP) is 3.32. The summed E-state index contributed by atoms with van der Waals surface area (Å²) in [4.78, 5) is 0. The van der Waals surface area contributed by atoms with Crippen LogP contribution in [0.4, 0.5) is 0 Å². The van der Waals surface area contributed by atoms with Crippen LogP contribution in [0, 0.1) is 0 Å². The summed E-state index contributed by atoms with van der Waals surface area (Å²) in [5.41, 5.74) is 6.65. The summed E-state index contributed by atoms with van der Waals surface area (Å²) < 4.78 is 6.05. The van der Waals surface area contributed by atoms with E-state index >= 15 is 0 Å². The van der Waals surface area contributed by atoms with E-state index in [0.29, 0.717) is 12.5 Å². The van der Waals surface area contributed by atoms with Gasteiger partial charge in [0, 0.05) is 0 Å². The van der Waals surface area contributed by atoms with Crippen molar-refractivity contribution < 1.29 is 4.74 Å². The zero-order chi connectivity index (χ0) is 12.2. The van der Waals surface area contributed by atoms with E-state index in [-0.39, 0.29) is 5.60 Å². The Balaban J connectivity index is 2.88. The van der Waals surface area contributed by atoms with Crippen molar-refractivity contribution in [3.63, 3.8) is 0 Å². The van der Waals surface area contributed by atoms with E-state index in [9.17, 15) is 0 Å². The molecule has 1 aromatic carbocycles. The van der Waals surface area contributed by atoms with Crippen LogP contribution in [-0.4, -0.2) is 12.1 Å². The molecule has 2 N–H and O–H groups in total. The fourth-order valence-electron chi connectivity index (χ4n) is 1.75. The van der Waals surface area contributed by atoms with Gasteiger partial charge in [-0.15, -0.1) is 0 Å². The van der Waals surface area contributed by atoms with Gasteiger partial charge < -0.3 is 10.5 Å². The molecule has 0 aliphatic rings. The number of benzene rings is 1. The monoisotopic (exact) mass is 221 g/mol. The molecule has 0 saturated carbocycles. The van der Waals surface area contributed by atoms with Gasteiger partial charge in [0.1, 0.15) is 11.4 Å². The van der Waals surface area contributed by atoms with Crippen LogP contribution in [0.2, 0.25) is 0 Å². The second-order valence-electron chi connectivity index (χ2n) is 5.09. The minimum atomic E-state index is -0.195. The Morgan fingerprint density at radius 1 is 1.25 bits per heavy atom. The number of hydrogen-bond donors (Lipinski definition) is 1. The van der Waals surface area contributed by atoms with Crippen LogP contribution < -0.4 is 10.5 Å². The lowest BCUT2D eigenvalue weighted by atomic mass is 10.0. The van der Waals surface area contributed by atoms with E-state index in [4.69, 9.17) is 10.5 Å². The molecule has 1 aromatic rings. The number of para-hydroxylation sites is 1. The minimum Gasteiger partial charge on any atom is -0.488 e. The van der Waals surface area contributed by atoms with Crippen molar-refractivity contribution >= 4 is 0 Å². The average molecular weight is 221 g/mol. The molecule has 0 radical (unpaired) electrons. The molecule has 0 bridgehead atoms. The predicted molar refractivity (Wildman–Crippen MR) is 68.9 cm³/mol. The van der Waals surface area contributed by atoms with E-state index < -0.39 is 0 Å². The molecule has 0 heterocycles. The standard InChI is InChI=1S/C14H23NO/c1-11(2)12-7-5-6-8-13(12)16-14(3,4)9-10-15/h5-8,11H,9-10,15H2,1-4H3. The zero-order valence-corrected chi connectivity index (χ0v) is 10.8. The van der Waals surface area contributed by atoms with Crippen molar-refractivity contribution in [1.29, 1.82) is 0 Å². The van der Waals surface area contributed by atoms with Gasteiger partial charge in [-0.3, -0.25) is 0 Å². The van der Waals surface area contributed by atoms with Crippen LogP contribution in [0.5, 0.6) is 5.75 Å². The molecule has 0 atom stereocenters. The third-order valence-electron chi connectivity index (χ3n) is 2.67. The maximum atomic E-state index is 6.05. The largest absolute Gasteiger partial charge is 0.488 e. The number of hydrogen-bond acceptors (Lipinski definition) is 2. The summed E-state index contributed by atoms with van der Waals surface area (Å²) in [6, 6.07) is 8.23. The van der Waals surface area contributed by atoms with Gasteiger partial charge in [-0.05, 0) is 44.4 Å². The summed E-state index contributed by atoms with van der Waals surface area (Å²) in [7, 11) is 0. The average Bonchev–Trinajstić information content (AvgIpc) is 2.17. The number of rotatable bonds is 5. The summed E-state index contributed by atoms with van der Waals surface area (Å²) in [5.74, 6) is 1.46. The third kappa shape index (κ3) is 3.53. The van der Waals surface area contributed by atoms with Crippen LogP contribution in [-0.2, 0) is 0 Å². The van der Waals surface area contributed by atoms with Gasteiger partial charge in [0.15, 0.2) is 0 Å². The van der Waals surface area contributed by atoms with E-state index in [1.165, 1.54) is 5.56 Å². The molecule has 0 unspecified atom stereocenters. The molecular formula is C14H23NO. The molecular weight excluding hydrogens is 198 g/mol. The smallest absolute Gasteiger partial charge is 0.123 e. The summed E-state index contributed by atoms with van der Waals surface area (Å²) >= 11 is 0. The Labute approximate surface area is 98.8 Å². The Bertz CT molecular complexity index is 331. The summed E-state index contributed by atoms with van der Waals surface area (Å²) in [6.45, 7) is 9.17. The molecule has 0 aromatic heterocycles. The summed E-state index contributed by atoms with van der Waals surface area (Å²) in [6.07, 6.45) is 0.861. The van der Waals surface area contributed by atoms with Gasteiger partial charge in [-0.2, -0.15) is 0 Å². The molecule has 90 valence electrons. The molecule has 1 rings (SSSR count). The molecule has 0 aliphatic heterocycles. The van der Waals surface area contributed by atoms with E-state index in [1.807, 2.05) is 12.1 Å². The van der Waals surface area contributed by atoms with Crippen molar-refractivity contribution in [2.75, 3.05) is 6.54 Å². The fourth-order valence-corrected chi connectivity index (χ4v) is 1.75. The summed E-state index contributed by atoms with van der Waals surface area (Å²) in [5, 5.41) is 0. The lowest BCUT2D eigenvalue weighted by molar-refractivity contribution is 0.101. The Hall–Kier alpha value is -1.02. The van der Waals surface area contributed by atoms with Crippen LogP contribution in [0.3, 0.4) is 0 Å². The topological polar surface area (TPSA) is 35.2 Å². The number of ether oxygens (including phenoxy) is 1. The molecule has 0 aliphatic carbocycles. The van der Waals surface area contributed by atoms with E-state index in [2.05, 4.69) is 39.8 Å². The lowest BCUT2D eigenvalue weighted by Crippen LogP contribution is -2.31. The Morgan fingerprint density at radius 3 is 2.44 bits per heavy atom. The Kier molecular flexibility index (Phi) is 4.36. The van der Waals surface area contributed by atoms with Crippen molar-refractivity contribution in [3.8, 4) is 5.75 Å². The highest BCUT2D eigenvalue weighted by molar-refractivity contribution is 5.36. The van der Waals surface area contributed by atoms with Crippen molar-refractivity contribution in [2.24, 2.45) is 5.73 Å². The van der Waals surface area contributed by atoms with Crippen LogP contribution in [0.15, 0.2) is 24.3 Å². The SMILES string of the molecule is CC(C)c1ccccc1OC(C)(C)CCN. The molecule has 0 amide bonds. The molecule has 2 heteroatoms. The highest BCUT2D eigenvalue weighted by atomic mass is 16.5. The van der Waals surface area contributed by atoms with Gasteiger partial charge in [-0.1, -0.05) is 32.0 Å². The second kappa shape index (κ2) is 5.35. The first-order valence-electron chi connectivity index (χ1n) is 5.94. The fraction of sp³-hybridized carbons (Fsp3) is 0.571. The lowest BCUT2D eigenvalue weighted by Gasteiger charge is -2.28.